The number of hydrogen-bond acceptors (Lipinski definition) is 7. The Kier molecular flexibility index (Phi) is 10.2. The van der Waals surface area contributed by atoms with Gasteiger partial charge in [-0.25, -0.2) is 9.50 Å². The molecule has 2 saturated heterocycles. The number of piperidine rings is 2. The number of imidazole rings is 1. The van der Waals surface area contributed by atoms with Crippen LogP contribution in [0.4, 0.5) is 24.5 Å². The number of aromatic nitrogens is 3. The van der Waals surface area contributed by atoms with Crippen molar-refractivity contribution in [2.75, 3.05) is 30.4 Å². The fourth-order valence-corrected chi connectivity index (χ4v) is 7.22. The van der Waals surface area contributed by atoms with Crippen LogP contribution in [0.5, 0.6) is 0 Å². The zero-order valence-electron chi connectivity index (χ0n) is 29.8. The molecule has 2 aliphatic rings. The Morgan fingerprint density at radius 3 is 2.57 bits per heavy atom. The number of nitrogens with one attached hydrogen (secondary N) is 2. The number of benzene rings is 3. The van der Waals surface area contributed by atoms with E-state index in [0.29, 0.717) is 62.2 Å². The highest BCUT2D eigenvalue weighted by atomic mass is 19.4. The van der Waals surface area contributed by atoms with E-state index in [1.54, 1.807) is 46.1 Å². The minimum Gasteiger partial charge on any atom is -0.371 e. The van der Waals surface area contributed by atoms with Gasteiger partial charge in [-0.2, -0.15) is 18.3 Å². The molecule has 0 aliphatic carbocycles. The average Bonchev–Trinajstić information content (AvgIpc) is 3.57. The van der Waals surface area contributed by atoms with E-state index in [2.05, 4.69) is 37.5 Å². The molecule has 54 heavy (non-hydrogen) atoms. The summed E-state index contributed by atoms with van der Waals surface area (Å²) in [5.41, 5.74) is 4.06. The molecule has 5 aromatic rings. The minimum atomic E-state index is -4.65. The van der Waals surface area contributed by atoms with E-state index in [0.717, 1.165) is 22.8 Å². The van der Waals surface area contributed by atoms with Gasteiger partial charge in [0, 0.05) is 60.8 Å². The Bertz CT molecular complexity index is 2300. The highest BCUT2D eigenvalue weighted by Gasteiger charge is 2.37. The molecule has 13 heteroatoms. The van der Waals surface area contributed by atoms with Crippen LogP contribution in [0.3, 0.4) is 0 Å². The van der Waals surface area contributed by atoms with Crippen molar-refractivity contribution in [3.8, 4) is 11.8 Å². The molecule has 2 N–H and O–H groups in total. The number of rotatable bonds is 7. The van der Waals surface area contributed by atoms with E-state index < -0.39 is 23.6 Å². The number of hydrogen-bond donors (Lipinski definition) is 2. The Balaban J connectivity index is 1.02. The summed E-state index contributed by atoms with van der Waals surface area (Å²) in [7, 11) is 1.99. The van der Waals surface area contributed by atoms with Gasteiger partial charge >= 0.3 is 6.18 Å². The molecule has 7 rings (SSSR count). The van der Waals surface area contributed by atoms with E-state index in [1.807, 2.05) is 44.3 Å². The molecule has 1 unspecified atom stereocenters. The third kappa shape index (κ3) is 7.84. The van der Waals surface area contributed by atoms with Gasteiger partial charge in [0.1, 0.15) is 5.69 Å². The third-order valence-corrected chi connectivity index (χ3v) is 10.2. The van der Waals surface area contributed by atoms with Crippen LogP contribution in [0.25, 0.3) is 5.65 Å². The lowest BCUT2D eigenvalue weighted by molar-refractivity contribution is -0.137. The fraction of sp³-hybridized carbons (Fsp3) is 0.293. The van der Waals surface area contributed by atoms with Gasteiger partial charge in [0.05, 0.1) is 17.7 Å². The number of aryl methyl sites for hydroxylation is 1. The number of fused-ring (bicyclic) bond motifs is 1. The number of amides is 3. The molecule has 2 aliphatic heterocycles. The molecule has 1 atom stereocenters. The van der Waals surface area contributed by atoms with Gasteiger partial charge in [-0.1, -0.05) is 36.3 Å². The normalized spacial score (nSPS) is 16.6. The second kappa shape index (κ2) is 15.2. The number of nitrogens with zero attached hydrogens (tertiary/aromatic N) is 5. The van der Waals surface area contributed by atoms with Crippen LogP contribution in [0.2, 0.25) is 0 Å². The molecule has 276 valence electrons. The van der Waals surface area contributed by atoms with Gasteiger partial charge < -0.3 is 10.2 Å². The fourth-order valence-electron chi connectivity index (χ4n) is 7.22. The van der Waals surface area contributed by atoms with Gasteiger partial charge in [0.2, 0.25) is 11.8 Å². The summed E-state index contributed by atoms with van der Waals surface area (Å²) >= 11 is 0. The van der Waals surface area contributed by atoms with Crippen molar-refractivity contribution in [1.29, 1.82) is 0 Å². The van der Waals surface area contributed by atoms with Gasteiger partial charge in [0.15, 0.2) is 5.65 Å². The van der Waals surface area contributed by atoms with Crippen LogP contribution in [0, 0.1) is 18.8 Å². The molecule has 0 bridgehead atoms. The lowest BCUT2D eigenvalue weighted by Crippen LogP contribution is -2.44. The largest absolute Gasteiger partial charge is 0.418 e. The maximum absolute atomic E-state index is 14.5. The minimum absolute atomic E-state index is 0.0328. The standard InChI is InChI=1S/C41H38F3N7O3/c1-26-9-10-28(22-27(26)11-13-32-24-45-37-8-5-19-46-51(32)37)39(53)47-30-12-15-36(35(23-30)41(42,43)44)50-20-17-31(18-21-50)49(2)25-29-6-3-4-7-33(29)34-14-16-38(52)48-40(34)54/h3-10,12,15,19,22-24,31,34H,14,16-18,20-21,25H2,1-2H3,(H,47,53)(H,48,52,54). The third-order valence-electron chi connectivity index (χ3n) is 10.2. The number of halogens is 3. The molecule has 0 radical (unpaired) electrons. The Hall–Kier alpha value is -6.00. The van der Waals surface area contributed by atoms with Crippen LogP contribution in [-0.4, -0.2) is 63.4 Å². The monoisotopic (exact) mass is 733 g/mol. The lowest BCUT2D eigenvalue weighted by Gasteiger charge is -2.39. The molecule has 0 saturated carbocycles. The highest BCUT2D eigenvalue weighted by Crippen LogP contribution is 2.40. The van der Waals surface area contributed by atoms with Crippen LogP contribution in [0.1, 0.15) is 75.5 Å². The first kappa shape index (κ1) is 36.4. The lowest BCUT2D eigenvalue weighted by atomic mass is 9.87. The van der Waals surface area contributed by atoms with Crippen LogP contribution in [0.15, 0.2) is 85.2 Å². The number of carbonyl (C=O) groups excluding carboxylic acids is 3. The van der Waals surface area contributed by atoms with E-state index in [4.69, 9.17) is 0 Å². The van der Waals surface area contributed by atoms with E-state index in [9.17, 15) is 27.6 Å². The van der Waals surface area contributed by atoms with Gasteiger partial charge in [0.25, 0.3) is 5.91 Å². The first-order valence-corrected chi connectivity index (χ1v) is 17.8. The topological polar surface area (TPSA) is 112 Å². The van der Waals surface area contributed by atoms with Crippen molar-refractivity contribution in [2.45, 2.75) is 57.3 Å². The predicted octanol–water partition coefficient (Wildman–Crippen LogP) is 6.33. The van der Waals surface area contributed by atoms with Crippen molar-refractivity contribution >= 4 is 34.7 Å². The first-order chi connectivity index (χ1) is 25.9. The zero-order chi connectivity index (χ0) is 38.0. The van der Waals surface area contributed by atoms with Crippen LogP contribution >= 0.6 is 0 Å². The smallest absolute Gasteiger partial charge is 0.371 e. The van der Waals surface area contributed by atoms with Crippen molar-refractivity contribution < 1.29 is 27.6 Å². The summed E-state index contributed by atoms with van der Waals surface area (Å²) in [6.45, 7) is 3.25. The predicted molar refractivity (Wildman–Crippen MR) is 198 cm³/mol. The molecular weight excluding hydrogens is 695 g/mol. The van der Waals surface area contributed by atoms with Gasteiger partial charge in [-0.05, 0) is 98.3 Å². The van der Waals surface area contributed by atoms with Gasteiger partial charge in [-0.3, -0.25) is 24.6 Å². The molecule has 3 amide bonds. The summed E-state index contributed by atoms with van der Waals surface area (Å²) in [4.78, 5) is 45.8. The molecule has 4 heterocycles. The summed E-state index contributed by atoms with van der Waals surface area (Å²) in [6.07, 6.45) is 0.616. The van der Waals surface area contributed by atoms with Crippen molar-refractivity contribution in [3.63, 3.8) is 0 Å². The maximum atomic E-state index is 14.5. The SMILES string of the molecule is Cc1ccc(C(=O)Nc2ccc(N3CCC(N(C)Cc4ccccc4C4CCC(=O)NC4=O)CC3)c(C(F)(F)F)c2)cc1C#Cc1cnc2cccnn12. The van der Waals surface area contributed by atoms with E-state index in [1.165, 1.54) is 12.1 Å². The second-order valence-corrected chi connectivity index (χ2v) is 13.7. The van der Waals surface area contributed by atoms with E-state index in [-0.39, 0.29) is 34.8 Å². The second-order valence-electron chi connectivity index (χ2n) is 13.7. The highest BCUT2D eigenvalue weighted by molar-refractivity contribution is 6.04. The number of imide groups is 1. The van der Waals surface area contributed by atoms with Crippen LogP contribution in [-0.2, 0) is 22.3 Å². The Morgan fingerprint density at radius 2 is 1.80 bits per heavy atom. The summed E-state index contributed by atoms with van der Waals surface area (Å²) in [5.74, 6) is 4.60. The summed E-state index contributed by atoms with van der Waals surface area (Å²) in [6, 6.07) is 20.3. The van der Waals surface area contributed by atoms with Gasteiger partial charge in [-0.15, -0.1) is 0 Å². The number of anilines is 2. The zero-order valence-corrected chi connectivity index (χ0v) is 29.8. The maximum Gasteiger partial charge on any atom is 0.418 e. The van der Waals surface area contributed by atoms with Crippen molar-refractivity contribution in [1.82, 2.24) is 24.8 Å². The first-order valence-electron chi connectivity index (χ1n) is 17.8. The molecule has 2 fully saturated rings. The quantitative estimate of drug-likeness (QED) is 0.149. The molecule has 0 spiro atoms. The van der Waals surface area contributed by atoms with E-state index >= 15 is 0 Å². The molecular formula is C41H38F3N7O3. The van der Waals surface area contributed by atoms with Crippen LogP contribution < -0.4 is 15.5 Å². The number of carbonyl (C=O) groups is 3. The Labute approximate surface area is 310 Å². The Morgan fingerprint density at radius 1 is 1.00 bits per heavy atom. The molecule has 2 aromatic heterocycles. The van der Waals surface area contributed by atoms with Crippen molar-refractivity contribution in [2.24, 2.45) is 0 Å². The summed E-state index contributed by atoms with van der Waals surface area (Å²) in [5, 5.41) is 9.34. The number of alkyl halides is 3. The van der Waals surface area contributed by atoms with Crippen molar-refractivity contribution in [3.05, 3.63) is 124 Å². The average molecular weight is 734 g/mol. The molecule has 10 nitrogen and oxygen atoms in total. The summed E-state index contributed by atoms with van der Waals surface area (Å²) < 4.78 is 45.1. The molecule has 3 aromatic carbocycles.